The molecular weight excluding hydrogens is 196 g/mol. The highest BCUT2D eigenvalue weighted by atomic mass is 15.0. The number of nitrogens with one attached hydrogen (secondary N) is 1. The van der Waals surface area contributed by atoms with Gasteiger partial charge in [-0.15, -0.1) is 0 Å². The third-order valence-corrected chi connectivity index (χ3v) is 4.86. The van der Waals surface area contributed by atoms with Crippen LogP contribution in [0.3, 0.4) is 0 Å². The minimum atomic E-state index is 0.271. The minimum Gasteiger partial charge on any atom is -0.310 e. The second-order valence-corrected chi connectivity index (χ2v) is 5.65. The first kappa shape index (κ1) is 11.9. The van der Waals surface area contributed by atoms with E-state index < -0.39 is 0 Å². The molecule has 0 aromatic heterocycles. The van der Waals surface area contributed by atoms with Gasteiger partial charge in [0.1, 0.15) is 0 Å². The van der Waals surface area contributed by atoms with Crippen molar-refractivity contribution in [3.05, 3.63) is 0 Å². The maximum Gasteiger partial charge on any atom is 0.0672 e. The molecule has 2 fully saturated rings. The van der Waals surface area contributed by atoms with Crippen molar-refractivity contribution in [2.24, 2.45) is 17.8 Å². The average molecular weight is 220 g/mol. The highest BCUT2D eigenvalue weighted by Gasteiger charge is 2.35. The first-order chi connectivity index (χ1) is 7.76. The Bertz CT molecular complexity index is 268. The number of hydrogen-bond donors (Lipinski definition) is 1. The first-order valence-electron chi connectivity index (χ1n) is 6.92. The summed E-state index contributed by atoms with van der Waals surface area (Å²) < 4.78 is 0. The van der Waals surface area contributed by atoms with Crippen LogP contribution >= 0.6 is 0 Å². The van der Waals surface area contributed by atoms with Crippen LogP contribution in [0.4, 0.5) is 0 Å². The lowest BCUT2D eigenvalue weighted by molar-refractivity contribution is 0.308. The van der Waals surface area contributed by atoms with Crippen LogP contribution in [0.2, 0.25) is 0 Å². The van der Waals surface area contributed by atoms with Crippen molar-refractivity contribution < 1.29 is 0 Å². The van der Waals surface area contributed by atoms with E-state index in [1.165, 1.54) is 32.1 Å². The van der Waals surface area contributed by atoms with E-state index in [-0.39, 0.29) is 5.92 Å². The standard InChI is InChI=1S/C14H24N2/c1-3-11-7-8-13(10(11)2)16-14-6-4-5-12(14)9-15/h10-14,16H,3-8H2,1-2H3. The molecule has 1 N–H and O–H groups in total. The molecule has 5 unspecified atom stereocenters. The van der Waals surface area contributed by atoms with Crippen LogP contribution in [0.15, 0.2) is 0 Å². The van der Waals surface area contributed by atoms with Gasteiger partial charge in [0.05, 0.1) is 12.0 Å². The third kappa shape index (κ3) is 2.25. The van der Waals surface area contributed by atoms with E-state index in [4.69, 9.17) is 5.26 Å². The average Bonchev–Trinajstić information content (AvgIpc) is 2.87. The van der Waals surface area contributed by atoms with E-state index in [2.05, 4.69) is 25.2 Å². The molecule has 90 valence electrons. The van der Waals surface area contributed by atoms with Gasteiger partial charge in [0, 0.05) is 12.1 Å². The summed E-state index contributed by atoms with van der Waals surface area (Å²) in [4.78, 5) is 0. The Labute approximate surface area is 99.4 Å². The molecule has 0 saturated heterocycles. The molecule has 2 nitrogen and oxygen atoms in total. The summed E-state index contributed by atoms with van der Waals surface area (Å²) in [6.07, 6.45) is 7.54. The maximum atomic E-state index is 9.08. The van der Waals surface area contributed by atoms with Crippen LogP contribution in [0, 0.1) is 29.1 Å². The monoisotopic (exact) mass is 220 g/mol. The highest BCUT2D eigenvalue weighted by molar-refractivity contribution is 4.99. The maximum absolute atomic E-state index is 9.08. The predicted molar refractivity (Wildman–Crippen MR) is 65.8 cm³/mol. The SMILES string of the molecule is CCC1CCC(NC2CCCC2C#N)C1C. The van der Waals surface area contributed by atoms with E-state index in [1.807, 2.05) is 0 Å². The van der Waals surface area contributed by atoms with Gasteiger partial charge in [-0.1, -0.05) is 26.7 Å². The second-order valence-electron chi connectivity index (χ2n) is 5.65. The molecule has 5 atom stereocenters. The summed E-state index contributed by atoms with van der Waals surface area (Å²) in [5.74, 6) is 1.97. The zero-order chi connectivity index (χ0) is 11.5. The smallest absolute Gasteiger partial charge is 0.0672 e. The van der Waals surface area contributed by atoms with E-state index >= 15 is 0 Å². The van der Waals surface area contributed by atoms with Gasteiger partial charge in [-0.25, -0.2) is 0 Å². The molecule has 0 aromatic rings. The zero-order valence-corrected chi connectivity index (χ0v) is 10.6. The molecule has 0 heterocycles. The van der Waals surface area contributed by atoms with Gasteiger partial charge in [-0.05, 0) is 37.5 Å². The normalized spacial score (nSPS) is 43.4. The zero-order valence-electron chi connectivity index (χ0n) is 10.6. The Morgan fingerprint density at radius 2 is 2.00 bits per heavy atom. The number of hydrogen-bond acceptors (Lipinski definition) is 2. The molecule has 2 aliphatic carbocycles. The molecule has 0 bridgehead atoms. The fourth-order valence-corrected chi connectivity index (χ4v) is 3.65. The van der Waals surface area contributed by atoms with Crippen LogP contribution in [0.1, 0.15) is 52.4 Å². The van der Waals surface area contributed by atoms with Gasteiger partial charge in [-0.3, -0.25) is 0 Å². The quantitative estimate of drug-likeness (QED) is 0.793. The van der Waals surface area contributed by atoms with Crippen LogP contribution in [0.5, 0.6) is 0 Å². The summed E-state index contributed by atoms with van der Waals surface area (Å²) in [6, 6.07) is 3.62. The fraction of sp³-hybridized carbons (Fsp3) is 0.929. The molecule has 0 amide bonds. The Balaban J connectivity index is 1.88. The Morgan fingerprint density at radius 3 is 2.62 bits per heavy atom. The second kappa shape index (κ2) is 5.19. The summed E-state index contributed by atoms with van der Waals surface area (Å²) in [7, 11) is 0. The molecule has 0 spiro atoms. The lowest BCUT2D eigenvalue weighted by Crippen LogP contribution is -2.42. The van der Waals surface area contributed by atoms with Crippen LogP contribution < -0.4 is 5.32 Å². The molecule has 0 aromatic carbocycles. The van der Waals surface area contributed by atoms with E-state index in [0.29, 0.717) is 12.1 Å². The summed E-state index contributed by atoms with van der Waals surface area (Å²) in [5, 5.41) is 12.9. The van der Waals surface area contributed by atoms with Gasteiger partial charge in [0.15, 0.2) is 0 Å². The van der Waals surface area contributed by atoms with Gasteiger partial charge in [0.25, 0.3) is 0 Å². The molecule has 16 heavy (non-hydrogen) atoms. The summed E-state index contributed by atoms with van der Waals surface area (Å²) in [6.45, 7) is 4.69. The van der Waals surface area contributed by atoms with E-state index in [1.54, 1.807) is 0 Å². The first-order valence-corrected chi connectivity index (χ1v) is 6.92. The molecule has 2 heteroatoms. The number of nitrogens with zero attached hydrogens (tertiary/aromatic N) is 1. The summed E-state index contributed by atoms with van der Waals surface area (Å²) >= 11 is 0. The van der Waals surface area contributed by atoms with Crippen LogP contribution in [-0.2, 0) is 0 Å². The van der Waals surface area contributed by atoms with Crippen LogP contribution in [-0.4, -0.2) is 12.1 Å². The summed E-state index contributed by atoms with van der Waals surface area (Å²) in [5.41, 5.74) is 0. The molecule has 0 aliphatic heterocycles. The number of nitriles is 1. The predicted octanol–water partition coefficient (Wildman–Crippen LogP) is 3.09. The van der Waals surface area contributed by atoms with Crippen molar-refractivity contribution in [2.45, 2.75) is 64.5 Å². The van der Waals surface area contributed by atoms with Crippen molar-refractivity contribution in [2.75, 3.05) is 0 Å². The minimum absolute atomic E-state index is 0.271. The van der Waals surface area contributed by atoms with Crippen molar-refractivity contribution >= 4 is 0 Å². The molecule has 2 rings (SSSR count). The van der Waals surface area contributed by atoms with Gasteiger partial charge in [0.2, 0.25) is 0 Å². The third-order valence-electron chi connectivity index (χ3n) is 4.86. The molecule has 2 saturated carbocycles. The van der Waals surface area contributed by atoms with Crippen molar-refractivity contribution in [3.63, 3.8) is 0 Å². The van der Waals surface area contributed by atoms with Crippen molar-refractivity contribution in [1.82, 2.24) is 5.32 Å². The van der Waals surface area contributed by atoms with Gasteiger partial charge in [-0.2, -0.15) is 5.26 Å². The highest BCUT2D eigenvalue weighted by Crippen LogP contribution is 2.35. The van der Waals surface area contributed by atoms with Crippen molar-refractivity contribution in [1.29, 1.82) is 5.26 Å². The Kier molecular flexibility index (Phi) is 3.86. The molecule has 2 aliphatic rings. The Morgan fingerprint density at radius 1 is 1.19 bits per heavy atom. The largest absolute Gasteiger partial charge is 0.310 e. The van der Waals surface area contributed by atoms with Gasteiger partial charge >= 0.3 is 0 Å². The fourth-order valence-electron chi connectivity index (χ4n) is 3.65. The van der Waals surface area contributed by atoms with Crippen molar-refractivity contribution in [3.8, 4) is 6.07 Å². The van der Waals surface area contributed by atoms with E-state index in [0.717, 1.165) is 18.3 Å². The topological polar surface area (TPSA) is 35.8 Å². The lowest BCUT2D eigenvalue weighted by atomic mass is 9.92. The Hall–Kier alpha value is -0.550. The lowest BCUT2D eigenvalue weighted by Gasteiger charge is -2.26. The van der Waals surface area contributed by atoms with Crippen LogP contribution in [0.25, 0.3) is 0 Å². The van der Waals surface area contributed by atoms with Gasteiger partial charge < -0.3 is 5.32 Å². The number of rotatable bonds is 3. The van der Waals surface area contributed by atoms with E-state index in [9.17, 15) is 0 Å². The molecule has 0 radical (unpaired) electrons. The molecular formula is C14H24N2.